The molecule has 3 aromatic rings. The predicted octanol–water partition coefficient (Wildman–Crippen LogP) is 6.16. The first-order chi connectivity index (χ1) is 12.6. The van der Waals surface area contributed by atoms with Gasteiger partial charge in [-0.1, -0.05) is 47.5 Å². The quantitative estimate of drug-likeness (QED) is 0.553. The Kier molecular flexibility index (Phi) is 4.44. The van der Waals surface area contributed by atoms with Crippen molar-refractivity contribution in [1.29, 1.82) is 0 Å². The number of halogens is 1. The SMILES string of the molecule is COc1ccc2c(c1)C(Oc1ccc(Cl)cc1)=C(c1ccc(C)cc1)C2. The average molecular weight is 363 g/mol. The van der Waals surface area contributed by atoms with Crippen molar-refractivity contribution < 1.29 is 9.47 Å². The number of benzene rings is 3. The Morgan fingerprint density at radius 2 is 1.54 bits per heavy atom. The fraction of sp³-hybridized carbons (Fsp3) is 0.130. The smallest absolute Gasteiger partial charge is 0.139 e. The molecule has 3 heteroatoms. The molecule has 0 N–H and O–H groups in total. The second-order valence-electron chi connectivity index (χ2n) is 6.43. The van der Waals surface area contributed by atoms with Gasteiger partial charge in [-0.15, -0.1) is 0 Å². The predicted molar refractivity (Wildman–Crippen MR) is 107 cm³/mol. The topological polar surface area (TPSA) is 18.5 Å². The third-order valence-corrected chi connectivity index (χ3v) is 4.89. The lowest BCUT2D eigenvalue weighted by Gasteiger charge is -2.12. The number of ether oxygens (including phenoxy) is 2. The Balaban J connectivity index is 1.82. The summed E-state index contributed by atoms with van der Waals surface area (Å²) in [5.41, 5.74) is 5.92. The van der Waals surface area contributed by atoms with Gasteiger partial charge in [-0.2, -0.15) is 0 Å². The molecule has 0 aromatic heterocycles. The molecule has 3 aromatic carbocycles. The van der Waals surface area contributed by atoms with E-state index in [1.165, 1.54) is 22.3 Å². The minimum absolute atomic E-state index is 0.693. The monoisotopic (exact) mass is 362 g/mol. The molecule has 0 saturated heterocycles. The van der Waals surface area contributed by atoms with Crippen molar-refractivity contribution in [3.8, 4) is 11.5 Å². The third kappa shape index (κ3) is 3.21. The van der Waals surface area contributed by atoms with Crippen LogP contribution < -0.4 is 9.47 Å². The van der Waals surface area contributed by atoms with Gasteiger partial charge < -0.3 is 9.47 Å². The normalized spacial score (nSPS) is 12.9. The summed E-state index contributed by atoms with van der Waals surface area (Å²) in [6, 6.07) is 22.2. The van der Waals surface area contributed by atoms with Crippen molar-refractivity contribution in [1.82, 2.24) is 0 Å². The van der Waals surface area contributed by atoms with Gasteiger partial charge in [0.15, 0.2) is 0 Å². The lowest BCUT2D eigenvalue weighted by Crippen LogP contribution is -1.96. The van der Waals surface area contributed by atoms with Gasteiger partial charge in [-0.05, 0) is 54.4 Å². The summed E-state index contributed by atoms with van der Waals surface area (Å²) in [6.45, 7) is 2.09. The van der Waals surface area contributed by atoms with Crippen molar-refractivity contribution >= 4 is 22.9 Å². The minimum Gasteiger partial charge on any atom is -0.497 e. The van der Waals surface area contributed by atoms with Crippen LogP contribution in [0.3, 0.4) is 0 Å². The molecule has 1 aliphatic rings. The summed E-state index contributed by atoms with van der Waals surface area (Å²) in [5.74, 6) is 2.47. The summed E-state index contributed by atoms with van der Waals surface area (Å²) in [5, 5.41) is 0.693. The van der Waals surface area contributed by atoms with Crippen molar-refractivity contribution in [2.75, 3.05) is 7.11 Å². The molecular weight excluding hydrogens is 344 g/mol. The zero-order valence-corrected chi connectivity index (χ0v) is 15.5. The minimum atomic E-state index is 0.693. The maximum atomic E-state index is 6.32. The highest BCUT2D eigenvalue weighted by atomic mass is 35.5. The number of aryl methyl sites for hydroxylation is 1. The number of hydrogen-bond donors (Lipinski definition) is 0. The van der Waals surface area contributed by atoms with E-state index in [1.54, 1.807) is 7.11 Å². The highest BCUT2D eigenvalue weighted by Gasteiger charge is 2.25. The van der Waals surface area contributed by atoms with Crippen LogP contribution >= 0.6 is 11.6 Å². The third-order valence-electron chi connectivity index (χ3n) is 4.64. The maximum Gasteiger partial charge on any atom is 0.139 e. The number of rotatable bonds is 4. The molecule has 0 aliphatic heterocycles. The molecule has 0 unspecified atom stereocenters. The summed E-state index contributed by atoms with van der Waals surface area (Å²) in [7, 11) is 1.68. The van der Waals surface area contributed by atoms with Gasteiger partial charge in [0.05, 0.1) is 7.11 Å². The Labute approximate surface area is 158 Å². The number of methoxy groups -OCH3 is 1. The number of fused-ring (bicyclic) bond motifs is 1. The van der Waals surface area contributed by atoms with Crippen LogP contribution in [0.25, 0.3) is 11.3 Å². The summed E-state index contributed by atoms with van der Waals surface area (Å²) < 4.78 is 11.7. The van der Waals surface area contributed by atoms with Crippen molar-refractivity contribution in [3.05, 3.63) is 94.0 Å². The van der Waals surface area contributed by atoms with Crippen molar-refractivity contribution in [2.24, 2.45) is 0 Å². The van der Waals surface area contributed by atoms with E-state index in [-0.39, 0.29) is 0 Å². The number of hydrogen-bond acceptors (Lipinski definition) is 2. The molecule has 1 aliphatic carbocycles. The van der Waals surface area contributed by atoms with Crippen LogP contribution in [-0.4, -0.2) is 7.11 Å². The zero-order chi connectivity index (χ0) is 18.1. The summed E-state index contributed by atoms with van der Waals surface area (Å²) >= 11 is 6.00. The molecule has 4 rings (SSSR count). The van der Waals surface area contributed by atoms with E-state index < -0.39 is 0 Å². The van der Waals surface area contributed by atoms with Crippen LogP contribution in [0.2, 0.25) is 5.02 Å². The molecule has 2 nitrogen and oxygen atoms in total. The molecule has 0 radical (unpaired) electrons. The molecule has 0 bridgehead atoms. The first-order valence-corrected chi connectivity index (χ1v) is 8.93. The molecular formula is C23H19ClO2. The van der Waals surface area contributed by atoms with E-state index in [1.807, 2.05) is 36.4 Å². The van der Waals surface area contributed by atoms with Gasteiger partial charge >= 0.3 is 0 Å². The first kappa shape index (κ1) is 16.7. The lowest BCUT2D eigenvalue weighted by molar-refractivity contribution is 0.414. The molecule has 0 heterocycles. The Hall–Kier alpha value is -2.71. The highest BCUT2D eigenvalue weighted by Crippen LogP contribution is 2.41. The summed E-state index contributed by atoms with van der Waals surface area (Å²) in [4.78, 5) is 0. The molecule has 0 fully saturated rings. The Morgan fingerprint density at radius 1 is 0.846 bits per heavy atom. The molecule has 130 valence electrons. The first-order valence-electron chi connectivity index (χ1n) is 8.55. The Morgan fingerprint density at radius 3 is 2.23 bits per heavy atom. The van der Waals surface area contributed by atoms with E-state index >= 15 is 0 Å². The largest absolute Gasteiger partial charge is 0.497 e. The van der Waals surface area contributed by atoms with Gasteiger partial charge in [0.25, 0.3) is 0 Å². The fourth-order valence-corrected chi connectivity index (χ4v) is 3.33. The zero-order valence-electron chi connectivity index (χ0n) is 14.8. The van der Waals surface area contributed by atoms with Crippen LogP contribution in [-0.2, 0) is 6.42 Å². The van der Waals surface area contributed by atoms with Gasteiger partial charge in [0.1, 0.15) is 17.3 Å². The van der Waals surface area contributed by atoms with E-state index in [4.69, 9.17) is 21.1 Å². The lowest BCUT2D eigenvalue weighted by atomic mass is 10.0. The van der Waals surface area contributed by atoms with E-state index in [0.717, 1.165) is 29.2 Å². The van der Waals surface area contributed by atoms with E-state index in [9.17, 15) is 0 Å². The van der Waals surface area contributed by atoms with E-state index in [2.05, 4.69) is 37.3 Å². The van der Waals surface area contributed by atoms with Gasteiger partial charge in [0.2, 0.25) is 0 Å². The molecule has 26 heavy (non-hydrogen) atoms. The van der Waals surface area contributed by atoms with E-state index in [0.29, 0.717) is 5.02 Å². The molecule has 0 atom stereocenters. The van der Waals surface area contributed by atoms with Crippen LogP contribution in [0.1, 0.15) is 22.3 Å². The second-order valence-corrected chi connectivity index (χ2v) is 6.87. The van der Waals surface area contributed by atoms with Crippen molar-refractivity contribution in [2.45, 2.75) is 13.3 Å². The number of allylic oxidation sites excluding steroid dienone is 1. The average Bonchev–Trinajstić information content (AvgIpc) is 3.02. The van der Waals surface area contributed by atoms with Crippen LogP contribution in [0.4, 0.5) is 0 Å². The van der Waals surface area contributed by atoms with Gasteiger partial charge in [-0.25, -0.2) is 0 Å². The standard InChI is InChI=1S/C23H19ClO2/c1-15-3-5-16(6-4-15)21-13-17-7-10-20(25-2)14-22(17)23(21)26-19-11-8-18(24)9-12-19/h3-12,14H,13H2,1-2H3. The van der Waals surface area contributed by atoms with Crippen molar-refractivity contribution in [3.63, 3.8) is 0 Å². The second kappa shape index (κ2) is 6.89. The van der Waals surface area contributed by atoms with Gasteiger partial charge in [0, 0.05) is 22.6 Å². The molecule has 0 amide bonds. The fourth-order valence-electron chi connectivity index (χ4n) is 3.21. The van der Waals surface area contributed by atoms with Crippen LogP contribution in [0.5, 0.6) is 11.5 Å². The summed E-state index contributed by atoms with van der Waals surface area (Å²) in [6.07, 6.45) is 0.839. The molecule has 0 saturated carbocycles. The van der Waals surface area contributed by atoms with Crippen LogP contribution in [0.15, 0.2) is 66.7 Å². The maximum absolute atomic E-state index is 6.32. The Bertz CT molecular complexity index is 970. The molecule has 0 spiro atoms. The van der Waals surface area contributed by atoms with Crippen LogP contribution in [0, 0.1) is 6.92 Å². The highest BCUT2D eigenvalue weighted by molar-refractivity contribution is 6.30. The van der Waals surface area contributed by atoms with Gasteiger partial charge in [-0.3, -0.25) is 0 Å².